The normalized spacial score (nSPS) is 12.7. The lowest BCUT2D eigenvalue weighted by atomic mass is 9.89. The molecular formula is C16H26FNO. The molecule has 19 heavy (non-hydrogen) atoms. The summed E-state index contributed by atoms with van der Waals surface area (Å²) < 4.78 is 18.7. The maximum Gasteiger partial charge on any atom is 0.165 e. The molecule has 0 bridgehead atoms. The van der Waals surface area contributed by atoms with Gasteiger partial charge in [-0.25, -0.2) is 4.39 Å². The molecule has 1 unspecified atom stereocenters. The Bertz CT molecular complexity index is 377. The van der Waals surface area contributed by atoms with E-state index < -0.39 is 0 Å². The van der Waals surface area contributed by atoms with E-state index in [0.717, 1.165) is 31.4 Å². The molecule has 0 aliphatic carbocycles. The van der Waals surface area contributed by atoms with Crippen molar-refractivity contribution in [3.8, 4) is 5.75 Å². The Labute approximate surface area is 116 Å². The number of nitrogens with one attached hydrogen (secondary N) is 1. The van der Waals surface area contributed by atoms with E-state index in [1.165, 1.54) is 7.11 Å². The molecular weight excluding hydrogens is 241 g/mol. The number of hydrogen-bond acceptors (Lipinski definition) is 2. The summed E-state index contributed by atoms with van der Waals surface area (Å²) >= 11 is 0. The van der Waals surface area contributed by atoms with Gasteiger partial charge in [-0.2, -0.15) is 0 Å². The summed E-state index contributed by atoms with van der Waals surface area (Å²) in [4.78, 5) is 0. The van der Waals surface area contributed by atoms with E-state index in [2.05, 4.69) is 26.1 Å². The van der Waals surface area contributed by atoms with Crippen LogP contribution in [0.1, 0.15) is 39.2 Å². The Morgan fingerprint density at radius 2 is 1.89 bits per heavy atom. The first-order valence-electron chi connectivity index (χ1n) is 7.21. The quantitative estimate of drug-likeness (QED) is 0.773. The number of halogens is 1. The van der Waals surface area contributed by atoms with E-state index >= 15 is 0 Å². The molecule has 0 aliphatic heterocycles. The van der Waals surface area contributed by atoms with Gasteiger partial charge in [0.25, 0.3) is 0 Å². The van der Waals surface area contributed by atoms with Crippen LogP contribution < -0.4 is 10.1 Å². The van der Waals surface area contributed by atoms with Crippen molar-refractivity contribution < 1.29 is 9.13 Å². The molecule has 2 nitrogen and oxygen atoms in total. The highest BCUT2D eigenvalue weighted by Gasteiger charge is 2.18. The van der Waals surface area contributed by atoms with E-state index in [0.29, 0.717) is 17.7 Å². The van der Waals surface area contributed by atoms with Crippen molar-refractivity contribution in [3.63, 3.8) is 0 Å². The Morgan fingerprint density at radius 3 is 2.37 bits per heavy atom. The molecule has 1 N–H and O–H groups in total. The van der Waals surface area contributed by atoms with Crippen LogP contribution in [0.5, 0.6) is 5.75 Å². The third-order valence-electron chi connectivity index (χ3n) is 3.76. The molecule has 0 fully saturated rings. The monoisotopic (exact) mass is 267 g/mol. The van der Waals surface area contributed by atoms with Crippen LogP contribution in [-0.2, 0) is 6.42 Å². The van der Waals surface area contributed by atoms with Gasteiger partial charge in [0.1, 0.15) is 0 Å². The third-order valence-corrected chi connectivity index (χ3v) is 3.76. The second-order valence-electron chi connectivity index (χ2n) is 4.91. The van der Waals surface area contributed by atoms with Crippen molar-refractivity contribution in [3.05, 3.63) is 29.6 Å². The summed E-state index contributed by atoms with van der Waals surface area (Å²) in [5, 5.41) is 3.53. The van der Waals surface area contributed by atoms with Crippen LogP contribution in [0.15, 0.2) is 18.2 Å². The van der Waals surface area contributed by atoms with Crippen LogP contribution in [-0.4, -0.2) is 19.7 Å². The molecule has 1 atom stereocenters. The standard InChI is InChI=1S/C16H26FNO/c1-5-13(6-2)15(18-7-3)11-12-8-9-16(19-4)14(17)10-12/h8-10,13,15,18H,5-7,11H2,1-4H3. The zero-order valence-corrected chi connectivity index (χ0v) is 12.5. The molecule has 0 aromatic heterocycles. The molecule has 0 amide bonds. The predicted molar refractivity (Wildman–Crippen MR) is 78.2 cm³/mol. The molecule has 1 rings (SSSR count). The Kier molecular flexibility index (Phi) is 6.85. The number of hydrogen-bond donors (Lipinski definition) is 1. The van der Waals surface area contributed by atoms with Crippen molar-refractivity contribution in [2.75, 3.05) is 13.7 Å². The second kappa shape index (κ2) is 8.16. The summed E-state index contributed by atoms with van der Waals surface area (Å²) in [6, 6.07) is 5.66. The minimum atomic E-state index is -0.278. The number of rotatable bonds is 8. The fourth-order valence-corrected chi connectivity index (χ4v) is 2.62. The van der Waals surface area contributed by atoms with Crippen LogP contribution in [0.3, 0.4) is 0 Å². The van der Waals surface area contributed by atoms with Crippen molar-refractivity contribution >= 4 is 0 Å². The van der Waals surface area contributed by atoms with Crippen molar-refractivity contribution in [1.82, 2.24) is 5.32 Å². The highest BCUT2D eigenvalue weighted by Crippen LogP contribution is 2.21. The van der Waals surface area contributed by atoms with Gasteiger partial charge in [-0.15, -0.1) is 0 Å². The van der Waals surface area contributed by atoms with Gasteiger partial charge in [-0.3, -0.25) is 0 Å². The van der Waals surface area contributed by atoms with Gasteiger partial charge >= 0.3 is 0 Å². The first-order chi connectivity index (χ1) is 9.15. The molecule has 0 saturated carbocycles. The SMILES string of the molecule is CCNC(Cc1ccc(OC)c(F)c1)C(CC)CC. The van der Waals surface area contributed by atoms with Crippen LogP contribution >= 0.6 is 0 Å². The van der Waals surface area contributed by atoms with Crippen molar-refractivity contribution in [1.29, 1.82) is 0 Å². The topological polar surface area (TPSA) is 21.3 Å². The molecule has 0 saturated heterocycles. The Morgan fingerprint density at radius 1 is 1.21 bits per heavy atom. The molecule has 1 aromatic rings. The maximum atomic E-state index is 13.7. The molecule has 1 aromatic carbocycles. The van der Waals surface area contributed by atoms with Gasteiger partial charge in [0.2, 0.25) is 0 Å². The Hall–Kier alpha value is -1.09. The zero-order valence-electron chi connectivity index (χ0n) is 12.5. The molecule has 0 radical (unpaired) electrons. The van der Waals surface area contributed by atoms with Gasteiger partial charge in [0.15, 0.2) is 11.6 Å². The third kappa shape index (κ3) is 4.50. The summed E-state index contributed by atoms with van der Waals surface area (Å²) in [5.41, 5.74) is 1.02. The summed E-state index contributed by atoms with van der Waals surface area (Å²) in [5.74, 6) is 0.663. The summed E-state index contributed by atoms with van der Waals surface area (Å²) in [6.45, 7) is 7.49. The first-order valence-corrected chi connectivity index (χ1v) is 7.21. The Balaban J connectivity index is 2.81. The van der Waals surface area contributed by atoms with Crippen LogP contribution in [0.4, 0.5) is 4.39 Å². The van der Waals surface area contributed by atoms with Gasteiger partial charge in [0, 0.05) is 6.04 Å². The molecule has 108 valence electrons. The van der Waals surface area contributed by atoms with E-state index in [4.69, 9.17) is 4.74 Å². The second-order valence-corrected chi connectivity index (χ2v) is 4.91. The molecule has 0 spiro atoms. The van der Waals surface area contributed by atoms with Crippen molar-refractivity contribution in [2.45, 2.75) is 46.1 Å². The van der Waals surface area contributed by atoms with Crippen LogP contribution in [0, 0.1) is 11.7 Å². The number of ether oxygens (including phenoxy) is 1. The fraction of sp³-hybridized carbons (Fsp3) is 0.625. The van der Waals surface area contributed by atoms with Gasteiger partial charge in [-0.1, -0.05) is 39.7 Å². The van der Waals surface area contributed by atoms with Crippen LogP contribution in [0.25, 0.3) is 0 Å². The van der Waals surface area contributed by atoms with Crippen molar-refractivity contribution in [2.24, 2.45) is 5.92 Å². The van der Waals surface area contributed by atoms with Crippen LogP contribution in [0.2, 0.25) is 0 Å². The number of methoxy groups -OCH3 is 1. The predicted octanol–water partition coefficient (Wildman–Crippen LogP) is 3.79. The minimum absolute atomic E-state index is 0.278. The zero-order chi connectivity index (χ0) is 14.3. The largest absolute Gasteiger partial charge is 0.494 e. The minimum Gasteiger partial charge on any atom is -0.494 e. The highest BCUT2D eigenvalue weighted by molar-refractivity contribution is 5.29. The lowest BCUT2D eigenvalue weighted by Gasteiger charge is -2.26. The highest BCUT2D eigenvalue weighted by atomic mass is 19.1. The number of likely N-dealkylation sites (N-methyl/N-ethyl adjacent to an activating group) is 1. The lowest BCUT2D eigenvalue weighted by Crippen LogP contribution is -2.37. The van der Waals surface area contributed by atoms with E-state index in [9.17, 15) is 4.39 Å². The van der Waals surface area contributed by atoms with Gasteiger partial charge < -0.3 is 10.1 Å². The first kappa shape index (κ1) is 16.0. The van der Waals surface area contributed by atoms with E-state index in [1.54, 1.807) is 12.1 Å². The average molecular weight is 267 g/mol. The number of benzene rings is 1. The smallest absolute Gasteiger partial charge is 0.165 e. The summed E-state index contributed by atoms with van der Waals surface area (Å²) in [7, 11) is 1.49. The lowest BCUT2D eigenvalue weighted by molar-refractivity contribution is 0.336. The van der Waals surface area contributed by atoms with E-state index in [-0.39, 0.29) is 5.82 Å². The molecule has 0 heterocycles. The maximum absolute atomic E-state index is 13.7. The fourth-order valence-electron chi connectivity index (χ4n) is 2.62. The average Bonchev–Trinajstić information content (AvgIpc) is 2.40. The van der Waals surface area contributed by atoms with E-state index in [1.807, 2.05) is 6.07 Å². The van der Waals surface area contributed by atoms with Gasteiger partial charge in [-0.05, 0) is 36.6 Å². The summed E-state index contributed by atoms with van der Waals surface area (Å²) in [6.07, 6.45) is 3.15. The molecule has 0 aliphatic rings. The molecule has 3 heteroatoms. The van der Waals surface area contributed by atoms with Gasteiger partial charge in [0.05, 0.1) is 7.11 Å².